The quantitative estimate of drug-likeness (QED) is 0.204. The molecule has 0 aliphatic heterocycles. The Morgan fingerprint density at radius 1 is 1.27 bits per heavy atom. The Labute approximate surface area is 194 Å². The Morgan fingerprint density at radius 3 is 2.64 bits per heavy atom. The van der Waals surface area contributed by atoms with Gasteiger partial charge in [0.1, 0.15) is 11.6 Å². The van der Waals surface area contributed by atoms with Crippen LogP contribution in [0.2, 0.25) is 5.02 Å². The molecule has 170 valence electrons. The molecule has 0 saturated heterocycles. The number of carbonyl (C=O) groups is 1. The molecule has 2 aromatic carbocycles. The summed E-state index contributed by atoms with van der Waals surface area (Å²) < 4.78 is 19.0. The summed E-state index contributed by atoms with van der Waals surface area (Å²) in [6.45, 7) is 5.71. The van der Waals surface area contributed by atoms with Gasteiger partial charge in [0.15, 0.2) is 11.5 Å². The van der Waals surface area contributed by atoms with Gasteiger partial charge in [0.25, 0.3) is 5.69 Å². The number of methoxy groups -OCH3 is 1. The molecule has 0 aliphatic carbocycles. The number of hydrogen-bond donors (Lipinski definition) is 1. The predicted molar refractivity (Wildman–Crippen MR) is 123 cm³/mol. The number of anilines is 1. The van der Waals surface area contributed by atoms with E-state index in [2.05, 4.69) is 21.9 Å². The van der Waals surface area contributed by atoms with Gasteiger partial charge >= 0.3 is 5.97 Å². The van der Waals surface area contributed by atoms with Gasteiger partial charge in [0.2, 0.25) is 0 Å². The molecule has 3 aromatic rings. The molecule has 0 aliphatic rings. The molecule has 0 radical (unpaired) electrons. The third-order valence-corrected chi connectivity index (χ3v) is 4.98. The van der Waals surface area contributed by atoms with E-state index in [-0.39, 0.29) is 46.6 Å². The number of esters is 1. The van der Waals surface area contributed by atoms with Crippen molar-refractivity contribution in [2.45, 2.75) is 19.9 Å². The van der Waals surface area contributed by atoms with E-state index in [1.165, 1.54) is 25.3 Å². The van der Waals surface area contributed by atoms with Crippen LogP contribution >= 0.6 is 11.6 Å². The highest BCUT2D eigenvalue weighted by Crippen LogP contribution is 2.28. The molecule has 0 fully saturated rings. The van der Waals surface area contributed by atoms with Gasteiger partial charge in [-0.05, 0) is 31.5 Å². The van der Waals surface area contributed by atoms with Crippen molar-refractivity contribution in [2.24, 2.45) is 0 Å². The number of rotatable bonds is 8. The first-order valence-electron chi connectivity index (χ1n) is 9.76. The van der Waals surface area contributed by atoms with Gasteiger partial charge in [-0.25, -0.2) is 19.2 Å². The number of nitrogens with one attached hydrogen (secondary N) is 1. The summed E-state index contributed by atoms with van der Waals surface area (Å²) in [6, 6.07) is 10.3. The maximum absolute atomic E-state index is 14.1. The monoisotopic (exact) mass is 470 g/mol. The fourth-order valence-electron chi connectivity index (χ4n) is 3.15. The minimum absolute atomic E-state index is 0.0223. The molecule has 0 unspecified atom stereocenters. The van der Waals surface area contributed by atoms with E-state index in [1.54, 1.807) is 25.1 Å². The highest BCUT2D eigenvalue weighted by molar-refractivity contribution is 6.30. The minimum atomic E-state index is -0.710. The van der Waals surface area contributed by atoms with Crippen LogP contribution in [0.25, 0.3) is 11.4 Å². The van der Waals surface area contributed by atoms with Crippen LogP contribution in [0, 0.1) is 15.9 Å². The Kier molecular flexibility index (Phi) is 7.34. The van der Waals surface area contributed by atoms with Gasteiger partial charge in [-0.2, -0.15) is 0 Å². The van der Waals surface area contributed by atoms with E-state index >= 15 is 0 Å². The summed E-state index contributed by atoms with van der Waals surface area (Å²) in [5, 5.41) is 14.4. The van der Waals surface area contributed by atoms with Gasteiger partial charge in [0, 0.05) is 29.3 Å². The molecule has 0 amide bonds. The normalized spacial score (nSPS) is 10.5. The number of ether oxygens (including phenoxy) is 1. The number of allylic oxidation sites excluding steroid dienone is 1. The molecule has 0 spiro atoms. The molecule has 1 heterocycles. The molecular weight excluding hydrogens is 451 g/mol. The Balaban J connectivity index is 2.14. The lowest BCUT2D eigenvalue weighted by molar-refractivity contribution is -0.385. The second kappa shape index (κ2) is 10.2. The first-order chi connectivity index (χ1) is 15.7. The van der Waals surface area contributed by atoms with Crippen molar-refractivity contribution in [1.29, 1.82) is 0 Å². The number of halogens is 2. The number of carbonyl (C=O) groups excluding carboxylic acids is 1. The van der Waals surface area contributed by atoms with E-state index in [0.717, 1.165) is 11.6 Å². The highest BCUT2D eigenvalue weighted by Gasteiger charge is 2.23. The lowest BCUT2D eigenvalue weighted by Gasteiger charge is -2.16. The Hall–Kier alpha value is -3.85. The molecule has 1 N–H and O–H groups in total. The maximum Gasteiger partial charge on any atom is 0.357 e. The fourth-order valence-corrected chi connectivity index (χ4v) is 3.26. The molecule has 3 rings (SSSR count). The van der Waals surface area contributed by atoms with Crippen LogP contribution in [0.5, 0.6) is 0 Å². The van der Waals surface area contributed by atoms with Crippen molar-refractivity contribution in [1.82, 2.24) is 9.97 Å². The van der Waals surface area contributed by atoms with Crippen LogP contribution in [0.1, 0.15) is 28.5 Å². The van der Waals surface area contributed by atoms with Crippen molar-refractivity contribution >= 4 is 29.1 Å². The van der Waals surface area contributed by atoms with Gasteiger partial charge in [-0.15, -0.1) is 0 Å². The van der Waals surface area contributed by atoms with E-state index in [9.17, 15) is 19.3 Å². The van der Waals surface area contributed by atoms with Gasteiger partial charge in [-0.3, -0.25) is 10.1 Å². The third kappa shape index (κ3) is 5.50. The number of nitro groups is 1. The van der Waals surface area contributed by atoms with Gasteiger partial charge < -0.3 is 10.1 Å². The third-order valence-electron chi connectivity index (χ3n) is 4.68. The molecule has 33 heavy (non-hydrogen) atoms. The SMILES string of the molecule is C=C(C)Cc1c(NCc2ccccc2[N+](=O)[O-])nc(-c2ccc(Cl)c(F)c2)nc1C(=O)OC. The van der Waals surface area contributed by atoms with Crippen molar-refractivity contribution in [2.75, 3.05) is 12.4 Å². The number of nitro benzene ring substituents is 1. The fraction of sp³-hybridized carbons (Fsp3) is 0.174. The minimum Gasteiger partial charge on any atom is -0.464 e. The molecule has 0 atom stereocenters. The van der Waals surface area contributed by atoms with Crippen LogP contribution < -0.4 is 5.32 Å². The van der Waals surface area contributed by atoms with E-state index in [0.29, 0.717) is 11.1 Å². The number of nitrogens with zero attached hydrogens (tertiary/aromatic N) is 3. The Bertz CT molecular complexity index is 1250. The second-order valence-electron chi connectivity index (χ2n) is 7.22. The first-order valence-corrected chi connectivity index (χ1v) is 10.1. The predicted octanol–water partition coefficient (Wildman–Crippen LogP) is 5.36. The molecule has 10 heteroatoms. The molecule has 1 aromatic heterocycles. The summed E-state index contributed by atoms with van der Waals surface area (Å²) in [7, 11) is 1.22. The zero-order valence-electron chi connectivity index (χ0n) is 17.9. The summed E-state index contributed by atoms with van der Waals surface area (Å²) in [6.07, 6.45) is 0.249. The second-order valence-corrected chi connectivity index (χ2v) is 7.62. The smallest absolute Gasteiger partial charge is 0.357 e. The van der Waals surface area contributed by atoms with Crippen molar-refractivity contribution in [3.05, 3.63) is 92.4 Å². The van der Waals surface area contributed by atoms with Crippen LogP contribution in [-0.2, 0) is 17.7 Å². The molecular formula is C23H20ClFN4O4. The Morgan fingerprint density at radius 2 is 2.00 bits per heavy atom. The highest BCUT2D eigenvalue weighted by atomic mass is 35.5. The average molecular weight is 471 g/mol. The first kappa shape index (κ1) is 23.8. The molecule has 8 nitrogen and oxygen atoms in total. The summed E-state index contributed by atoms with van der Waals surface area (Å²) in [4.78, 5) is 32.2. The van der Waals surface area contributed by atoms with Crippen LogP contribution in [0.4, 0.5) is 15.9 Å². The summed E-state index contributed by atoms with van der Waals surface area (Å²) >= 11 is 5.78. The molecule has 0 bridgehead atoms. The molecule has 0 saturated carbocycles. The summed E-state index contributed by atoms with van der Waals surface area (Å²) in [5.74, 6) is -1.07. The van der Waals surface area contributed by atoms with Crippen molar-refractivity contribution < 1.29 is 18.8 Å². The lowest BCUT2D eigenvalue weighted by Crippen LogP contribution is -2.16. The number of para-hydroxylation sites is 1. The maximum atomic E-state index is 14.1. The van der Waals surface area contributed by atoms with E-state index in [1.807, 2.05) is 0 Å². The largest absolute Gasteiger partial charge is 0.464 e. The number of hydrogen-bond acceptors (Lipinski definition) is 7. The lowest BCUT2D eigenvalue weighted by atomic mass is 10.0. The van der Waals surface area contributed by atoms with Crippen LogP contribution in [0.3, 0.4) is 0 Å². The van der Waals surface area contributed by atoms with E-state index < -0.39 is 16.7 Å². The standard InChI is InChI=1S/C23H20ClFN4O4/c1-13(2)10-16-20(23(30)33-3)27-21(14-8-9-17(24)18(25)11-14)28-22(16)26-12-15-6-4-5-7-19(15)29(31)32/h4-9,11H,1,10,12H2,2-3H3,(H,26,27,28). The van der Waals surface area contributed by atoms with Crippen molar-refractivity contribution in [3.63, 3.8) is 0 Å². The van der Waals surface area contributed by atoms with Crippen molar-refractivity contribution in [3.8, 4) is 11.4 Å². The zero-order chi connectivity index (χ0) is 24.1. The number of benzene rings is 2. The summed E-state index contributed by atoms with van der Waals surface area (Å²) in [5.41, 5.74) is 1.76. The van der Waals surface area contributed by atoms with Gasteiger partial charge in [0.05, 0.1) is 17.1 Å². The van der Waals surface area contributed by atoms with Gasteiger partial charge in [-0.1, -0.05) is 42.0 Å². The topological polar surface area (TPSA) is 107 Å². The van der Waals surface area contributed by atoms with Crippen LogP contribution in [-0.4, -0.2) is 28.0 Å². The van der Waals surface area contributed by atoms with Crippen LogP contribution in [0.15, 0.2) is 54.6 Å². The number of aromatic nitrogens is 2. The zero-order valence-corrected chi connectivity index (χ0v) is 18.6. The average Bonchev–Trinajstić information content (AvgIpc) is 2.79. The van der Waals surface area contributed by atoms with E-state index in [4.69, 9.17) is 16.3 Å².